The van der Waals surface area contributed by atoms with Gasteiger partial charge >= 0.3 is 12.2 Å². The van der Waals surface area contributed by atoms with Gasteiger partial charge in [0, 0.05) is 18.8 Å². The zero-order valence-corrected chi connectivity index (χ0v) is 20.1. The van der Waals surface area contributed by atoms with Gasteiger partial charge in [0.2, 0.25) is 0 Å². The highest BCUT2D eigenvalue weighted by Gasteiger charge is 2.37. The maximum absolute atomic E-state index is 14.0. The molecule has 194 valence electrons. The number of morpholine rings is 1. The molecule has 3 amide bonds. The summed E-state index contributed by atoms with van der Waals surface area (Å²) >= 11 is 6.32. The lowest BCUT2D eigenvalue weighted by molar-refractivity contribution is -0.137. The van der Waals surface area contributed by atoms with Crippen LogP contribution in [0.4, 0.5) is 40.7 Å². The van der Waals surface area contributed by atoms with Gasteiger partial charge in [0.25, 0.3) is 5.91 Å². The number of urea groups is 1. The number of anilines is 4. The third-order valence-electron chi connectivity index (χ3n) is 5.53. The van der Waals surface area contributed by atoms with Crippen LogP contribution in [0.15, 0.2) is 66.7 Å². The number of para-hydroxylation sites is 1. The van der Waals surface area contributed by atoms with Gasteiger partial charge < -0.3 is 20.7 Å². The number of hydrogen-bond donors (Lipinski definition) is 3. The molecular formula is C25H23ClF3N5O3. The van der Waals surface area contributed by atoms with Gasteiger partial charge in [-0.15, -0.1) is 0 Å². The molecule has 1 heterocycles. The Kier molecular flexibility index (Phi) is 7.86. The highest BCUT2D eigenvalue weighted by Crippen LogP contribution is 2.39. The minimum atomic E-state index is -4.78. The number of carbonyl (C=O) groups excluding carboxylic acids is 2. The molecule has 1 aliphatic rings. The maximum atomic E-state index is 14.0. The van der Waals surface area contributed by atoms with Crippen molar-refractivity contribution in [3.63, 3.8) is 0 Å². The summed E-state index contributed by atoms with van der Waals surface area (Å²) in [6, 6.07) is 15.9. The SMILES string of the molecule is NCc1cccc(NN(C(=O)Nc2ccc(N3CCOCC3=O)c(C(F)(F)F)c2)c2ccccc2Cl)c1. The molecule has 37 heavy (non-hydrogen) atoms. The average Bonchev–Trinajstić information content (AvgIpc) is 2.88. The van der Waals surface area contributed by atoms with Crippen molar-refractivity contribution in [3.05, 3.63) is 82.9 Å². The summed E-state index contributed by atoms with van der Waals surface area (Å²) in [5.41, 5.74) is 8.72. The van der Waals surface area contributed by atoms with Crippen molar-refractivity contribution >= 4 is 46.3 Å². The Bertz CT molecular complexity index is 1300. The first-order valence-corrected chi connectivity index (χ1v) is 11.6. The molecule has 0 unspecified atom stereocenters. The molecule has 1 saturated heterocycles. The fraction of sp³-hybridized carbons (Fsp3) is 0.200. The number of hydrazine groups is 1. The van der Waals surface area contributed by atoms with Crippen LogP contribution in [0.3, 0.4) is 0 Å². The molecule has 8 nitrogen and oxygen atoms in total. The van der Waals surface area contributed by atoms with Gasteiger partial charge in [0.05, 0.1) is 34.3 Å². The highest BCUT2D eigenvalue weighted by molar-refractivity contribution is 6.34. The number of nitrogens with one attached hydrogen (secondary N) is 2. The van der Waals surface area contributed by atoms with Crippen LogP contribution in [0.25, 0.3) is 0 Å². The summed E-state index contributed by atoms with van der Waals surface area (Å²) in [7, 11) is 0. The number of halogens is 4. The molecule has 4 rings (SSSR count). The fourth-order valence-corrected chi connectivity index (χ4v) is 4.00. The van der Waals surface area contributed by atoms with Crippen molar-refractivity contribution in [1.29, 1.82) is 0 Å². The van der Waals surface area contributed by atoms with Gasteiger partial charge in [-0.05, 0) is 48.0 Å². The number of hydrogen-bond acceptors (Lipinski definition) is 5. The van der Waals surface area contributed by atoms with Crippen LogP contribution in [0, 0.1) is 0 Å². The number of alkyl halides is 3. The molecule has 0 radical (unpaired) electrons. The van der Waals surface area contributed by atoms with E-state index >= 15 is 0 Å². The Hall–Kier alpha value is -3.80. The fourth-order valence-electron chi connectivity index (χ4n) is 3.78. The molecule has 1 fully saturated rings. The Morgan fingerprint density at radius 3 is 2.57 bits per heavy atom. The third kappa shape index (κ3) is 6.13. The molecular weight excluding hydrogens is 511 g/mol. The second kappa shape index (κ2) is 11.1. The van der Waals surface area contributed by atoms with Crippen LogP contribution in [-0.2, 0) is 22.3 Å². The first-order valence-electron chi connectivity index (χ1n) is 11.2. The lowest BCUT2D eigenvalue weighted by atomic mass is 10.1. The summed E-state index contributed by atoms with van der Waals surface area (Å²) in [4.78, 5) is 26.5. The zero-order valence-electron chi connectivity index (χ0n) is 19.4. The summed E-state index contributed by atoms with van der Waals surface area (Å²) in [6.07, 6.45) is -4.78. The molecule has 0 aromatic heterocycles. The maximum Gasteiger partial charge on any atom is 0.418 e. The van der Waals surface area contributed by atoms with Gasteiger partial charge in [-0.1, -0.05) is 35.9 Å². The molecule has 0 bridgehead atoms. The smallest absolute Gasteiger partial charge is 0.370 e. The molecule has 12 heteroatoms. The van der Waals surface area contributed by atoms with Crippen LogP contribution in [0.2, 0.25) is 5.02 Å². The van der Waals surface area contributed by atoms with Crippen LogP contribution in [0.1, 0.15) is 11.1 Å². The molecule has 3 aromatic rings. The Morgan fingerprint density at radius 2 is 1.86 bits per heavy atom. The van der Waals surface area contributed by atoms with E-state index in [-0.39, 0.29) is 48.4 Å². The molecule has 0 spiro atoms. The second-order valence-electron chi connectivity index (χ2n) is 8.06. The quantitative estimate of drug-likeness (QED) is 0.376. The first kappa shape index (κ1) is 26.3. The topological polar surface area (TPSA) is 99.9 Å². The monoisotopic (exact) mass is 533 g/mol. The molecule has 4 N–H and O–H groups in total. The second-order valence-corrected chi connectivity index (χ2v) is 8.47. The van der Waals surface area contributed by atoms with Crippen molar-refractivity contribution < 1.29 is 27.5 Å². The van der Waals surface area contributed by atoms with Gasteiger partial charge in [-0.2, -0.15) is 13.2 Å². The van der Waals surface area contributed by atoms with Crippen LogP contribution < -0.4 is 26.4 Å². The van der Waals surface area contributed by atoms with E-state index in [0.717, 1.165) is 27.6 Å². The predicted octanol–water partition coefficient (Wildman–Crippen LogP) is 5.25. The Labute approximate surface area is 215 Å². The largest absolute Gasteiger partial charge is 0.418 e. The third-order valence-corrected chi connectivity index (χ3v) is 5.85. The van der Waals surface area contributed by atoms with Gasteiger partial charge in [-0.3, -0.25) is 10.2 Å². The van der Waals surface area contributed by atoms with E-state index in [9.17, 15) is 22.8 Å². The minimum absolute atomic E-state index is 0.0142. The number of benzene rings is 3. The lowest BCUT2D eigenvalue weighted by Gasteiger charge is -2.30. The number of carbonyl (C=O) groups is 2. The lowest BCUT2D eigenvalue weighted by Crippen LogP contribution is -2.42. The molecule has 0 atom stereocenters. The number of rotatable bonds is 6. The first-order chi connectivity index (χ1) is 17.7. The average molecular weight is 534 g/mol. The van der Waals surface area contributed by atoms with Gasteiger partial charge in [0.1, 0.15) is 6.61 Å². The van der Waals surface area contributed by atoms with Crippen molar-refractivity contribution in [2.45, 2.75) is 12.7 Å². The van der Waals surface area contributed by atoms with E-state index in [1.54, 1.807) is 42.5 Å². The van der Waals surface area contributed by atoms with E-state index in [1.165, 1.54) is 6.07 Å². The van der Waals surface area contributed by atoms with Crippen molar-refractivity contribution in [2.24, 2.45) is 5.73 Å². The normalized spacial score (nSPS) is 13.9. The summed E-state index contributed by atoms with van der Waals surface area (Å²) in [6.45, 7) is 0.0661. The number of ether oxygens (including phenoxy) is 1. The van der Waals surface area contributed by atoms with E-state index in [0.29, 0.717) is 5.69 Å². The zero-order chi connectivity index (χ0) is 26.6. The van der Waals surface area contributed by atoms with E-state index in [1.807, 2.05) is 6.07 Å². The van der Waals surface area contributed by atoms with Gasteiger partial charge in [-0.25, -0.2) is 9.80 Å². The standard InChI is InChI=1S/C25H23ClF3N5O3/c26-20-6-1-2-7-22(20)34(32-18-5-3-4-16(12-18)14-30)24(36)31-17-8-9-21(19(13-17)25(27,28)29)33-10-11-37-15-23(33)35/h1-9,12-13,32H,10-11,14-15,30H2,(H,31,36). The highest BCUT2D eigenvalue weighted by atomic mass is 35.5. The summed E-state index contributed by atoms with van der Waals surface area (Å²) < 4.78 is 46.9. The molecule has 3 aromatic carbocycles. The van der Waals surface area contributed by atoms with E-state index < -0.39 is 23.7 Å². The Morgan fingerprint density at radius 1 is 1.08 bits per heavy atom. The van der Waals surface area contributed by atoms with Crippen molar-refractivity contribution in [2.75, 3.05) is 40.4 Å². The predicted molar refractivity (Wildman–Crippen MR) is 136 cm³/mol. The number of nitrogens with zero attached hydrogens (tertiary/aromatic N) is 2. The summed E-state index contributed by atoms with van der Waals surface area (Å²) in [5, 5.41) is 3.80. The molecule has 0 aliphatic carbocycles. The van der Waals surface area contributed by atoms with E-state index in [4.69, 9.17) is 22.1 Å². The van der Waals surface area contributed by atoms with Gasteiger partial charge in [0.15, 0.2) is 0 Å². The number of nitrogens with two attached hydrogens (primary N) is 1. The Balaban J connectivity index is 1.66. The summed E-state index contributed by atoms with van der Waals surface area (Å²) in [5.74, 6) is -0.581. The van der Waals surface area contributed by atoms with Crippen LogP contribution in [-0.4, -0.2) is 31.7 Å². The minimum Gasteiger partial charge on any atom is -0.370 e. The van der Waals surface area contributed by atoms with Crippen LogP contribution in [0.5, 0.6) is 0 Å². The van der Waals surface area contributed by atoms with E-state index in [2.05, 4.69) is 10.7 Å². The van der Waals surface area contributed by atoms with Crippen molar-refractivity contribution in [1.82, 2.24) is 0 Å². The molecule has 1 aliphatic heterocycles. The number of amides is 3. The molecule has 0 saturated carbocycles. The van der Waals surface area contributed by atoms with Crippen molar-refractivity contribution in [3.8, 4) is 0 Å². The van der Waals surface area contributed by atoms with Crippen LogP contribution >= 0.6 is 11.6 Å².